The van der Waals surface area contributed by atoms with Gasteiger partial charge in [0.05, 0.1) is 19.3 Å². The van der Waals surface area contributed by atoms with Crippen molar-refractivity contribution in [2.24, 2.45) is 0 Å². The van der Waals surface area contributed by atoms with Gasteiger partial charge in [0.25, 0.3) is 5.56 Å². The van der Waals surface area contributed by atoms with Crippen molar-refractivity contribution in [3.8, 4) is 17.5 Å². The molecule has 0 spiro atoms. The second-order valence-electron chi connectivity index (χ2n) is 5.04. The molecule has 0 aliphatic heterocycles. The Bertz CT molecular complexity index is 895. The molecule has 7 heteroatoms. The van der Waals surface area contributed by atoms with E-state index in [9.17, 15) is 14.9 Å². The molecule has 0 radical (unpaired) electrons. The van der Waals surface area contributed by atoms with Crippen molar-refractivity contribution >= 4 is 17.7 Å². The van der Waals surface area contributed by atoms with Crippen LogP contribution in [0.5, 0.6) is 5.75 Å². The van der Waals surface area contributed by atoms with Gasteiger partial charge in [-0.05, 0) is 44.4 Å². The van der Waals surface area contributed by atoms with E-state index >= 15 is 0 Å². The Morgan fingerprint density at radius 3 is 2.44 bits per heavy atom. The third kappa shape index (κ3) is 3.39. The highest BCUT2D eigenvalue weighted by atomic mass is 32.2. The molecule has 130 valence electrons. The third-order valence-electron chi connectivity index (χ3n) is 3.69. The summed E-state index contributed by atoms with van der Waals surface area (Å²) < 4.78 is 11.6. The fourth-order valence-electron chi connectivity index (χ4n) is 2.55. The maximum Gasteiger partial charge on any atom is 0.341 e. The van der Waals surface area contributed by atoms with E-state index in [0.29, 0.717) is 22.0 Å². The molecule has 2 aromatic rings. The van der Waals surface area contributed by atoms with E-state index in [4.69, 9.17) is 9.47 Å². The van der Waals surface area contributed by atoms with Crippen molar-refractivity contribution in [1.82, 2.24) is 4.57 Å². The second-order valence-corrected chi connectivity index (χ2v) is 5.86. The molecule has 25 heavy (non-hydrogen) atoms. The fourth-order valence-corrected chi connectivity index (χ4v) is 3.32. The summed E-state index contributed by atoms with van der Waals surface area (Å²) in [5.74, 6) is 0.0874. The van der Waals surface area contributed by atoms with E-state index in [1.165, 1.54) is 16.3 Å². The molecule has 0 fully saturated rings. The van der Waals surface area contributed by atoms with E-state index < -0.39 is 11.5 Å². The molecule has 0 saturated carbocycles. The molecule has 2 rings (SSSR count). The van der Waals surface area contributed by atoms with Gasteiger partial charge >= 0.3 is 5.97 Å². The zero-order valence-corrected chi connectivity index (χ0v) is 15.3. The molecule has 0 saturated heterocycles. The lowest BCUT2D eigenvalue weighted by Crippen LogP contribution is -2.28. The van der Waals surface area contributed by atoms with Gasteiger partial charge in [-0.3, -0.25) is 9.36 Å². The zero-order valence-electron chi connectivity index (χ0n) is 14.5. The Hall–Kier alpha value is -2.72. The molecule has 1 aromatic heterocycles. The van der Waals surface area contributed by atoms with Crippen LogP contribution in [0.15, 0.2) is 34.0 Å². The quantitative estimate of drug-likeness (QED) is 0.604. The summed E-state index contributed by atoms with van der Waals surface area (Å²) in [6, 6.07) is 8.73. The maximum absolute atomic E-state index is 12.8. The van der Waals surface area contributed by atoms with E-state index in [2.05, 4.69) is 0 Å². The summed E-state index contributed by atoms with van der Waals surface area (Å²) in [5.41, 5.74) is 0.663. The number of nitriles is 1. The Morgan fingerprint density at radius 1 is 1.32 bits per heavy atom. The number of ether oxygens (including phenoxy) is 2. The summed E-state index contributed by atoms with van der Waals surface area (Å²) >= 11 is 1.18. The number of thioether (sulfide) groups is 1. The summed E-state index contributed by atoms with van der Waals surface area (Å²) in [4.78, 5) is 25.6. The van der Waals surface area contributed by atoms with Crippen LogP contribution in [0, 0.1) is 18.3 Å². The predicted molar refractivity (Wildman–Crippen MR) is 95.8 cm³/mol. The number of hydrogen-bond donors (Lipinski definition) is 0. The Kier molecular flexibility index (Phi) is 5.88. The van der Waals surface area contributed by atoms with E-state index in [1.807, 2.05) is 6.07 Å². The van der Waals surface area contributed by atoms with Crippen molar-refractivity contribution in [3.63, 3.8) is 0 Å². The minimum absolute atomic E-state index is 0.0722. The number of methoxy groups -OCH3 is 1. The summed E-state index contributed by atoms with van der Waals surface area (Å²) in [6.45, 7) is 3.57. The van der Waals surface area contributed by atoms with Gasteiger partial charge in [-0.2, -0.15) is 5.26 Å². The van der Waals surface area contributed by atoms with E-state index in [0.717, 1.165) is 0 Å². The first-order valence-electron chi connectivity index (χ1n) is 7.55. The van der Waals surface area contributed by atoms with E-state index in [1.54, 1.807) is 51.5 Å². The zero-order chi connectivity index (χ0) is 18.6. The molecule has 0 N–H and O–H groups in total. The maximum atomic E-state index is 12.8. The molecular weight excluding hydrogens is 340 g/mol. The van der Waals surface area contributed by atoms with Gasteiger partial charge in [0.1, 0.15) is 17.4 Å². The first-order valence-corrected chi connectivity index (χ1v) is 8.77. The smallest absolute Gasteiger partial charge is 0.341 e. The van der Waals surface area contributed by atoms with Crippen LogP contribution < -0.4 is 10.3 Å². The van der Waals surface area contributed by atoms with Gasteiger partial charge in [0.2, 0.25) is 0 Å². The van der Waals surface area contributed by atoms with Crippen molar-refractivity contribution in [1.29, 1.82) is 5.26 Å². The number of pyridine rings is 1. The van der Waals surface area contributed by atoms with Gasteiger partial charge in [-0.15, -0.1) is 11.8 Å². The van der Waals surface area contributed by atoms with Gasteiger partial charge in [0, 0.05) is 16.3 Å². The van der Waals surface area contributed by atoms with Crippen LogP contribution in [0.3, 0.4) is 0 Å². The van der Waals surface area contributed by atoms with Crippen molar-refractivity contribution in [3.05, 3.63) is 51.4 Å². The molecule has 1 heterocycles. The predicted octanol–water partition coefficient (Wildman–Crippen LogP) is 2.92. The third-order valence-corrected chi connectivity index (χ3v) is 4.51. The minimum atomic E-state index is -0.553. The van der Waals surface area contributed by atoms with Crippen LogP contribution in [0.25, 0.3) is 5.69 Å². The molecule has 0 aliphatic rings. The SMILES string of the molecule is CCOC(=O)c1c(SC)c(C#N)c(=O)n(-c2ccc(OC)cc2)c1C. The first kappa shape index (κ1) is 18.6. The highest BCUT2D eigenvalue weighted by molar-refractivity contribution is 7.98. The molecule has 0 unspecified atom stereocenters. The molecule has 1 aromatic carbocycles. The molecule has 0 bridgehead atoms. The molecular formula is C18H18N2O4S. The van der Waals surface area contributed by atoms with Gasteiger partial charge in [-0.25, -0.2) is 4.79 Å². The van der Waals surface area contributed by atoms with Gasteiger partial charge in [0.15, 0.2) is 0 Å². The van der Waals surface area contributed by atoms with Crippen molar-refractivity contribution in [2.45, 2.75) is 18.7 Å². The van der Waals surface area contributed by atoms with Gasteiger partial charge < -0.3 is 9.47 Å². The molecule has 0 amide bonds. The van der Waals surface area contributed by atoms with Crippen LogP contribution in [0.1, 0.15) is 28.5 Å². The minimum Gasteiger partial charge on any atom is -0.497 e. The highest BCUT2D eigenvalue weighted by Gasteiger charge is 2.25. The molecule has 0 atom stereocenters. The van der Waals surface area contributed by atoms with Crippen LogP contribution in [-0.4, -0.2) is 30.5 Å². The van der Waals surface area contributed by atoms with E-state index in [-0.39, 0.29) is 17.7 Å². The second kappa shape index (κ2) is 7.90. The first-order chi connectivity index (χ1) is 12.0. The summed E-state index contributed by atoms with van der Waals surface area (Å²) in [5, 5.41) is 9.46. The lowest BCUT2D eigenvalue weighted by molar-refractivity contribution is 0.0520. The lowest BCUT2D eigenvalue weighted by Gasteiger charge is -2.17. The normalized spacial score (nSPS) is 10.2. The lowest BCUT2D eigenvalue weighted by atomic mass is 10.1. The molecule has 0 aliphatic carbocycles. The number of esters is 1. The number of carbonyl (C=O) groups excluding carboxylic acids is 1. The summed E-state index contributed by atoms with van der Waals surface area (Å²) in [7, 11) is 1.55. The number of rotatable bonds is 5. The van der Waals surface area contributed by atoms with Crippen LogP contribution in [0.2, 0.25) is 0 Å². The highest BCUT2D eigenvalue weighted by Crippen LogP contribution is 2.28. The number of hydrogen-bond acceptors (Lipinski definition) is 6. The number of carbonyl (C=O) groups is 1. The summed E-state index contributed by atoms with van der Waals surface area (Å²) in [6.07, 6.45) is 1.72. The topological polar surface area (TPSA) is 81.3 Å². The average Bonchev–Trinajstić information content (AvgIpc) is 2.61. The van der Waals surface area contributed by atoms with Crippen LogP contribution in [-0.2, 0) is 4.74 Å². The van der Waals surface area contributed by atoms with Crippen LogP contribution >= 0.6 is 11.8 Å². The monoisotopic (exact) mass is 358 g/mol. The standard InChI is InChI=1S/C18H18N2O4S/c1-5-24-18(22)15-11(2)20(12-6-8-13(23-3)9-7-12)17(21)14(10-19)16(15)25-4/h6-9H,5H2,1-4H3. The van der Waals surface area contributed by atoms with Gasteiger partial charge in [-0.1, -0.05) is 0 Å². The number of aromatic nitrogens is 1. The number of nitrogens with zero attached hydrogens (tertiary/aromatic N) is 2. The Labute approximate surface area is 150 Å². The van der Waals surface area contributed by atoms with Crippen LogP contribution in [0.4, 0.5) is 0 Å². The average molecular weight is 358 g/mol. The Balaban J connectivity index is 2.84. The number of benzene rings is 1. The van der Waals surface area contributed by atoms with Crippen molar-refractivity contribution < 1.29 is 14.3 Å². The fraction of sp³-hybridized carbons (Fsp3) is 0.278. The Morgan fingerprint density at radius 2 is 1.96 bits per heavy atom. The van der Waals surface area contributed by atoms with Crippen molar-refractivity contribution in [2.75, 3.05) is 20.0 Å². The largest absolute Gasteiger partial charge is 0.497 e. The molecule has 6 nitrogen and oxygen atoms in total.